The van der Waals surface area contributed by atoms with Gasteiger partial charge in [0.25, 0.3) is 12.6 Å². The van der Waals surface area contributed by atoms with Crippen molar-refractivity contribution in [3.05, 3.63) is 47.7 Å². The molecular formula is C10H10O7. The van der Waals surface area contributed by atoms with Gasteiger partial charge in [0.15, 0.2) is 11.5 Å². The third-order valence-electron chi connectivity index (χ3n) is 2.07. The van der Waals surface area contributed by atoms with Gasteiger partial charge >= 0.3 is 0 Å². The fourth-order valence-electron chi connectivity index (χ4n) is 1.20. The molecule has 2 heterocycles. The van der Waals surface area contributed by atoms with E-state index in [1.165, 1.54) is 0 Å². The molecule has 0 saturated heterocycles. The van der Waals surface area contributed by atoms with Crippen molar-refractivity contribution in [3.63, 3.8) is 0 Å². The van der Waals surface area contributed by atoms with Crippen LogP contribution < -0.4 is 0 Å². The van der Waals surface area contributed by atoms with Gasteiger partial charge in [0, 0.05) is 12.2 Å². The number of allylic oxidation sites excluding steroid dienone is 2. The molecule has 0 aromatic carbocycles. The van der Waals surface area contributed by atoms with Crippen molar-refractivity contribution >= 4 is 0 Å². The zero-order valence-corrected chi connectivity index (χ0v) is 8.48. The molecule has 2 unspecified atom stereocenters. The Bertz CT molecular complexity index is 392. The molecule has 2 atom stereocenters. The first-order chi connectivity index (χ1) is 8.09. The largest absolute Gasteiger partial charge is 0.504 e. The molecule has 2 aliphatic heterocycles. The minimum atomic E-state index is -1.33. The van der Waals surface area contributed by atoms with Crippen LogP contribution in [0.2, 0.25) is 0 Å². The zero-order valence-electron chi connectivity index (χ0n) is 8.48. The number of ether oxygens (including phenoxy) is 3. The van der Waals surface area contributed by atoms with Crippen LogP contribution in [0.25, 0.3) is 0 Å². The lowest BCUT2D eigenvalue weighted by molar-refractivity contribution is -0.207. The summed E-state index contributed by atoms with van der Waals surface area (Å²) < 4.78 is 14.7. The summed E-state index contributed by atoms with van der Waals surface area (Å²) in [5.41, 5.74) is 0. The molecule has 7 nitrogen and oxygen atoms in total. The van der Waals surface area contributed by atoms with Crippen LogP contribution in [0.15, 0.2) is 47.7 Å². The smallest absolute Gasteiger partial charge is 0.264 e. The lowest BCUT2D eigenvalue weighted by Gasteiger charge is -2.25. The van der Waals surface area contributed by atoms with Gasteiger partial charge in [-0.3, -0.25) is 4.74 Å². The fraction of sp³-hybridized carbons (Fsp3) is 0.200. The predicted molar refractivity (Wildman–Crippen MR) is 53.7 cm³/mol. The second kappa shape index (κ2) is 4.30. The van der Waals surface area contributed by atoms with E-state index in [0.717, 1.165) is 24.7 Å². The number of rotatable bonds is 2. The monoisotopic (exact) mass is 242 g/mol. The number of aliphatic hydroxyl groups excluding tert-OH is 4. The summed E-state index contributed by atoms with van der Waals surface area (Å²) in [7, 11) is 0. The first-order valence-corrected chi connectivity index (χ1v) is 4.63. The Labute approximate surface area is 95.8 Å². The van der Waals surface area contributed by atoms with Crippen LogP contribution in [0.4, 0.5) is 0 Å². The molecule has 0 saturated carbocycles. The van der Waals surface area contributed by atoms with Crippen LogP contribution in [0.1, 0.15) is 0 Å². The van der Waals surface area contributed by atoms with E-state index < -0.39 is 35.6 Å². The van der Waals surface area contributed by atoms with Crippen molar-refractivity contribution in [3.8, 4) is 0 Å². The van der Waals surface area contributed by atoms with Crippen LogP contribution in [0, 0.1) is 0 Å². The second-order valence-corrected chi connectivity index (χ2v) is 3.22. The molecule has 0 bridgehead atoms. The van der Waals surface area contributed by atoms with Gasteiger partial charge in [-0.2, -0.15) is 0 Å². The van der Waals surface area contributed by atoms with E-state index in [-0.39, 0.29) is 0 Å². The van der Waals surface area contributed by atoms with Crippen LogP contribution in [-0.4, -0.2) is 33.0 Å². The summed E-state index contributed by atoms with van der Waals surface area (Å²) in [6.45, 7) is 0. The predicted octanol–water partition coefficient (Wildman–Crippen LogP) is 1.40. The highest BCUT2D eigenvalue weighted by Crippen LogP contribution is 2.23. The van der Waals surface area contributed by atoms with E-state index in [2.05, 4.69) is 0 Å². The Morgan fingerprint density at radius 3 is 1.65 bits per heavy atom. The summed E-state index contributed by atoms with van der Waals surface area (Å²) in [6.07, 6.45) is 1.82. The van der Waals surface area contributed by atoms with E-state index in [9.17, 15) is 20.4 Å². The molecule has 0 spiro atoms. The maximum atomic E-state index is 9.41. The summed E-state index contributed by atoms with van der Waals surface area (Å²) in [6, 6.07) is 0. The van der Waals surface area contributed by atoms with Gasteiger partial charge in [0.2, 0.25) is 11.5 Å². The minimum Gasteiger partial charge on any atom is -0.504 e. The molecule has 0 aromatic heterocycles. The Hall–Kier alpha value is -2.28. The van der Waals surface area contributed by atoms with Gasteiger partial charge in [0.1, 0.15) is 0 Å². The lowest BCUT2D eigenvalue weighted by Crippen LogP contribution is -2.31. The van der Waals surface area contributed by atoms with Crippen molar-refractivity contribution in [1.29, 1.82) is 0 Å². The maximum absolute atomic E-state index is 9.41. The topological polar surface area (TPSA) is 109 Å². The molecule has 0 aliphatic carbocycles. The summed E-state index contributed by atoms with van der Waals surface area (Å²) in [4.78, 5) is 0. The molecule has 17 heavy (non-hydrogen) atoms. The number of hydrogen-bond acceptors (Lipinski definition) is 7. The molecule has 0 amide bonds. The third kappa shape index (κ3) is 2.13. The van der Waals surface area contributed by atoms with Crippen LogP contribution in [-0.2, 0) is 14.2 Å². The summed E-state index contributed by atoms with van der Waals surface area (Å²) in [5, 5.41) is 37.2. The van der Waals surface area contributed by atoms with E-state index in [1.807, 2.05) is 0 Å². The van der Waals surface area contributed by atoms with Crippen LogP contribution >= 0.6 is 0 Å². The highest BCUT2D eigenvalue weighted by atomic mass is 16.8. The van der Waals surface area contributed by atoms with Crippen LogP contribution in [0.5, 0.6) is 0 Å². The Morgan fingerprint density at radius 2 is 1.24 bits per heavy atom. The molecule has 4 N–H and O–H groups in total. The highest BCUT2D eigenvalue weighted by Gasteiger charge is 2.30. The fourth-order valence-corrected chi connectivity index (χ4v) is 1.20. The van der Waals surface area contributed by atoms with Gasteiger partial charge < -0.3 is 29.9 Å². The molecule has 92 valence electrons. The first-order valence-electron chi connectivity index (χ1n) is 4.63. The SMILES string of the molecule is OC1=C(O)C(OC2OC=CC(O)=C2O)OC=C1. The Balaban J connectivity index is 2.08. The van der Waals surface area contributed by atoms with Crippen molar-refractivity contribution < 1.29 is 34.6 Å². The second-order valence-electron chi connectivity index (χ2n) is 3.22. The normalized spacial score (nSPS) is 28.0. The molecule has 2 aliphatic rings. The van der Waals surface area contributed by atoms with Gasteiger partial charge in [-0.15, -0.1) is 0 Å². The summed E-state index contributed by atoms with van der Waals surface area (Å²) >= 11 is 0. The third-order valence-corrected chi connectivity index (χ3v) is 2.07. The highest BCUT2D eigenvalue weighted by molar-refractivity contribution is 5.20. The maximum Gasteiger partial charge on any atom is 0.264 e. The lowest BCUT2D eigenvalue weighted by atomic mass is 10.3. The van der Waals surface area contributed by atoms with Gasteiger partial charge in [0.05, 0.1) is 12.5 Å². The first kappa shape index (κ1) is 11.2. The van der Waals surface area contributed by atoms with Crippen molar-refractivity contribution in [1.82, 2.24) is 0 Å². The number of hydrogen-bond donors (Lipinski definition) is 4. The Kier molecular flexibility index (Phi) is 2.84. The minimum absolute atomic E-state index is 0.416. The summed E-state index contributed by atoms with van der Waals surface area (Å²) in [5.74, 6) is -1.95. The average Bonchev–Trinajstić information content (AvgIpc) is 2.31. The number of aliphatic hydroxyl groups is 4. The molecule has 2 rings (SSSR count). The van der Waals surface area contributed by atoms with E-state index >= 15 is 0 Å². The van der Waals surface area contributed by atoms with E-state index in [1.54, 1.807) is 0 Å². The Morgan fingerprint density at radius 1 is 0.824 bits per heavy atom. The molecule has 0 fully saturated rings. The van der Waals surface area contributed by atoms with E-state index in [0.29, 0.717) is 0 Å². The van der Waals surface area contributed by atoms with Crippen molar-refractivity contribution in [2.75, 3.05) is 0 Å². The average molecular weight is 242 g/mol. The van der Waals surface area contributed by atoms with E-state index in [4.69, 9.17) is 14.2 Å². The molecule has 0 radical (unpaired) electrons. The standard InChI is InChI=1S/C10H10O7/c11-5-1-3-15-9(7(5)13)17-10-8(14)6(12)2-4-16-10/h1-4,9-14H. The molecular weight excluding hydrogens is 232 g/mol. The van der Waals surface area contributed by atoms with Gasteiger partial charge in [-0.25, -0.2) is 0 Å². The molecule has 0 aromatic rings. The quantitative estimate of drug-likeness (QED) is 0.579. The van der Waals surface area contributed by atoms with Gasteiger partial charge in [-0.1, -0.05) is 0 Å². The van der Waals surface area contributed by atoms with Crippen molar-refractivity contribution in [2.24, 2.45) is 0 Å². The zero-order chi connectivity index (χ0) is 12.4. The van der Waals surface area contributed by atoms with Crippen LogP contribution in [0.3, 0.4) is 0 Å². The van der Waals surface area contributed by atoms with Crippen molar-refractivity contribution in [2.45, 2.75) is 12.6 Å². The molecule has 7 heteroatoms. The van der Waals surface area contributed by atoms with Gasteiger partial charge in [-0.05, 0) is 0 Å².